The topological polar surface area (TPSA) is 108 Å². The number of rotatable bonds is 7. The van der Waals surface area contributed by atoms with Gasteiger partial charge in [0.2, 0.25) is 0 Å². The van der Waals surface area contributed by atoms with Gasteiger partial charge < -0.3 is 20.4 Å². The molecule has 1 saturated heterocycles. The largest absolute Gasteiger partial charge is 0.433 e. The zero-order valence-electron chi connectivity index (χ0n) is 19.4. The van der Waals surface area contributed by atoms with Crippen molar-refractivity contribution in [2.45, 2.75) is 43.8 Å². The summed E-state index contributed by atoms with van der Waals surface area (Å²) in [4.78, 5) is 26.8. The second-order valence-electron chi connectivity index (χ2n) is 8.64. The highest BCUT2D eigenvalue weighted by Crippen LogP contribution is 2.34. The molecule has 4 rings (SSSR count). The van der Waals surface area contributed by atoms with Gasteiger partial charge in [0.25, 0.3) is 11.8 Å². The molecule has 3 aromatic rings. The van der Waals surface area contributed by atoms with Crippen LogP contribution in [0.5, 0.6) is 0 Å². The van der Waals surface area contributed by atoms with E-state index in [0.29, 0.717) is 30.0 Å². The molecule has 2 heterocycles. The number of carbonyl (C=O) groups excluding carboxylic acids is 2. The molecule has 0 saturated carbocycles. The summed E-state index contributed by atoms with van der Waals surface area (Å²) in [6.07, 6.45) is -6.16. The minimum absolute atomic E-state index is 0.0861. The number of aromatic nitrogens is 2. The first-order chi connectivity index (χ1) is 17.6. The van der Waals surface area contributed by atoms with Crippen LogP contribution in [0.25, 0.3) is 5.69 Å². The molecule has 196 valence electrons. The van der Waals surface area contributed by atoms with Gasteiger partial charge in [0, 0.05) is 18.1 Å². The van der Waals surface area contributed by atoms with Gasteiger partial charge in [-0.15, -0.1) is 0 Å². The van der Waals surface area contributed by atoms with Gasteiger partial charge in [0.15, 0.2) is 12.2 Å². The summed E-state index contributed by atoms with van der Waals surface area (Å²) in [5.74, 6) is -1.73. The Hall–Kier alpha value is -3.41. The molecule has 0 bridgehead atoms. The maximum atomic E-state index is 13.1. The molecule has 1 aromatic heterocycles. The van der Waals surface area contributed by atoms with E-state index in [0.717, 1.165) is 22.5 Å². The lowest BCUT2D eigenvalue weighted by Gasteiger charge is -2.28. The molecule has 8 nitrogen and oxygen atoms in total. The SMILES string of the molecule is O=C(NCc1ccc(-n2nccc2C(F)(F)F)cc1)[C@H](O)[C@@H](O)C(=O)N1CCCC1c1cccc(Cl)c1. The fourth-order valence-electron chi connectivity index (χ4n) is 4.31. The number of hydrogen-bond acceptors (Lipinski definition) is 5. The van der Waals surface area contributed by atoms with Crippen LogP contribution in [0.3, 0.4) is 0 Å². The van der Waals surface area contributed by atoms with E-state index in [-0.39, 0.29) is 18.3 Å². The molecule has 0 aliphatic carbocycles. The van der Waals surface area contributed by atoms with Crippen molar-refractivity contribution in [1.29, 1.82) is 0 Å². The van der Waals surface area contributed by atoms with E-state index in [1.54, 1.807) is 18.2 Å². The molecular weight excluding hydrogens is 513 g/mol. The van der Waals surface area contributed by atoms with Crippen LogP contribution in [0.1, 0.15) is 35.7 Å². The molecular formula is C25H24ClF3N4O4. The Morgan fingerprint density at radius 1 is 1.11 bits per heavy atom. The van der Waals surface area contributed by atoms with Crippen molar-refractivity contribution in [1.82, 2.24) is 20.0 Å². The lowest BCUT2D eigenvalue weighted by atomic mass is 10.0. The predicted octanol–water partition coefficient (Wildman–Crippen LogP) is 3.25. The van der Waals surface area contributed by atoms with Crippen LogP contribution in [0.4, 0.5) is 13.2 Å². The highest BCUT2D eigenvalue weighted by atomic mass is 35.5. The van der Waals surface area contributed by atoms with Crippen molar-refractivity contribution < 1.29 is 33.0 Å². The van der Waals surface area contributed by atoms with Crippen LogP contribution >= 0.6 is 11.6 Å². The zero-order valence-corrected chi connectivity index (χ0v) is 20.2. The van der Waals surface area contributed by atoms with Crippen molar-refractivity contribution in [3.63, 3.8) is 0 Å². The quantitative estimate of drug-likeness (QED) is 0.430. The Labute approximate surface area is 215 Å². The van der Waals surface area contributed by atoms with E-state index in [4.69, 9.17) is 11.6 Å². The number of benzene rings is 2. The first-order valence-corrected chi connectivity index (χ1v) is 11.8. The van der Waals surface area contributed by atoms with Crippen LogP contribution in [0.15, 0.2) is 60.8 Å². The highest BCUT2D eigenvalue weighted by molar-refractivity contribution is 6.30. The van der Waals surface area contributed by atoms with Gasteiger partial charge in [-0.05, 0) is 54.3 Å². The number of nitrogens with one attached hydrogen (secondary N) is 1. The molecule has 2 aromatic carbocycles. The normalized spacial score (nSPS) is 17.5. The second kappa shape index (κ2) is 10.9. The number of amides is 2. The molecule has 0 radical (unpaired) electrons. The van der Waals surface area contributed by atoms with E-state index in [2.05, 4.69) is 10.4 Å². The van der Waals surface area contributed by atoms with Gasteiger partial charge in [-0.3, -0.25) is 9.59 Å². The van der Waals surface area contributed by atoms with Crippen LogP contribution < -0.4 is 5.32 Å². The van der Waals surface area contributed by atoms with Gasteiger partial charge >= 0.3 is 6.18 Å². The summed E-state index contributed by atoms with van der Waals surface area (Å²) in [5.41, 5.74) is 0.566. The number of likely N-dealkylation sites (tertiary alicyclic amines) is 1. The first-order valence-electron chi connectivity index (χ1n) is 11.5. The van der Waals surface area contributed by atoms with Crippen molar-refractivity contribution in [3.05, 3.63) is 82.6 Å². The first kappa shape index (κ1) is 26.6. The van der Waals surface area contributed by atoms with Gasteiger partial charge in [0.1, 0.15) is 5.69 Å². The molecule has 12 heteroatoms. The molecule has 37 heavy (non-hydrogen) atoms. The third kappa shape index (κ3) is 5.95. The van der Waals surface area contributed by atoms with Gasteiger partial charge in [-0.2, -0.15) is 18.3 Å². The molecule has 1 unspecified atom stereocenters. The molecule has 1 aliphatic rings. The lowest BCUT2D eigenvalue weighted by Crippen LogP contribution is -2.50. The third-order valence-electron chi connectivity index (χ3n) is 6.17. The zero-order chi connectivity index (χ0) is 26.7. The minimum atomic E-state index is -4.57. The van der Waals surface area contributed by atoms with Crippen LogP contribution in [-0.2, 0) is 22.3 Å². The fourth-order valence-corrected chi connectivity index (χ4v) is 4.51. The summed E-state index contributed by atoms with van der Waals surface area (Å²) in [6, 6.07) is 13.3. The Bertz CT molecular complexity index is 1270. The Morgan fingerprint density at radius 3 is 2.51 bits per heavy atom. The van der Waals surface area contributed by atoms with Crippen LogP contribution in [0, 0.1) is 0 Å². The fraction of sp³-hybridized carbons (Fsp3) is 0.320. The van der Waals surface area contributed by atoms with Crippen molar-refractivity contribution in [2.75, 3.05) is 6.54 Å². The number of alkyl halides is 3. The molecule has 1 fully saturated rings. The number of carbonyl (C=O) groups is 2. The average Bonchev–Trinajstić information content (AvgIpc) is 3.56. The standard InChI is InChI=1S/C25H24ClF3N4O4/c26-17-4-1-3-16(13-17)19-5-2-12-32(19)24(37)22(35)21(34)23(36)30-14-15-6-8-18(9-7-15)33-20(10-11-31-33)25(27,28)29/h1,3-4,6-11,13,19,21-22,34-35H,2,5,12,14H2,(H,30,36)/t19?,21-,22-/m1/s1. The minimum Gasteiger partial charge on any atom is -0.380 e. The Balaban J connectivity index is 1.35. The second-order valence-corrected chi connectivity index (χ2v) is 9.08. The maximum Gasteiger partial charge on any atom is 0.433 e. The molecule has 0 spiro atoms. The van der Waals surface area contributed by atoms with Gasteiger partial charge in [-0.1, -0.05) is 35.9 Å². The third-order valence-corrected chi connectivity index (χ3v) is 6.41. The van der Waals surface area contributed by atoms with Crippen LogP contribution in [0.2, 0.25) is 5.02 Å². The summed E-state index contributed by atoms with van der Waals surface area (Å²) < 4.78 is 40.0. The number of aliphatic hydroxyl groups excluding tert-OH is 2. The van der Waals surface area contributed by atoms with Crippen LogP contribution in [-0.4, -0.2) is 55.5 Å². The smallest absolute Gasteiger partial charge is 0.380 e. The predicted molar refractivity (Wildman–Crippen MR) is 128 cm³/mol. The maximum absolute atomic E-state index is 13.1. The summed E-state index contributed by atoms with van der Waals surface area (Å²) in [6.45, 7) is 0.275. The summed E-state index contributed by atoms with van der Waals surface area (Å²) in [5, 5.41) is 27.4. The monoisotopic (exact) mass is 536 g/mol. The number of nitrogens with zero attached hydrogens (tertiary/aromatic N) is 3. The lowest BCUT2D eigenvalue weighted by molar-refractivity contribution is -0.153. The van der Waals surface area contributed by atoms with Gasteiger partial charge in [0.05, 0.1) is 17.9 Å². The highest BCUT2D eigenvalue weighted by Gasteiger charge is 2.38. The number of aliphatic hydroxyl groups is 2. The summed E-state index contributed by atoms with van der Waals surface area (Å²) in [7, 11) is 0. The van der Waals surface area contributed by atoms with E-state index in [9.17, 15) is 33.0 Å². The summed E-state index contributed by atoms with van der Waals surface area (Å²) >= 11 is 6.05. The molecule has 2 amide bonds. The van der Waals surface area contributed by atoms with Crippen molar-refractivity contribution in [3.8, 4) is 5.69 Å². The average molecular weight is 537 g/mol. The van der Waals surface area contributed by atoms with Crippen molar-refractivity contribution in [2.24, 2.45) is 0 Å². The molecule has 3 N–H and O–H groups in total. The molecule has 3 atom stereocenters. The van der Waals surface area contributed by atoms with Gasteiger partial charge in [-0.25, -0.2) is 4.68 Å². The number of hydrogen-bond donors (Lipinski definition) is 3. The van der Waals surface area contributed by atoms with E-state index >= 15 is 0 Å². The molecule has 1 aliphatic heterocycles. The number of halogens is 4. The van der Waals surface area contributed by atoms with Crippen molar-refractivity contribution >= 4 is 23.4 Å². The van der Waals surface area contributed by atoms with E-state index < -0.39 is 35.9 Å². The van der Waals surface area contributed by atoms with E-state index in [1.807, 2.05) is 6.07 Å². The Kier molecular flexibility index (Phi) is 7.86. The van der Waals surface area contributed by atoms with E-state index in [1.165, 1.54) is 29.2 Å². The Morgan fingerprint density at radius 2 is 1.84 bits per heavy atom.